The van der Waals surface area contributed by atoms with Crippen LogP contribution >= 0.6 is 0 Å². The number of hydrogen-bond acceptors (Lipinski definition) is 4. The number of carbonyl (C=O) groups excluding carboxylic acids is 2. The molecule has 0 bridgehead atoms. The third kappa shape index (κ3) is 4.61. The van der Waals surface area contributed by atoms with E-state index in [1.807, 2.05) is 0 Å². The van der Waals surface area contributed by atoms with Crippen molar-refractivity contribution in [3.63, 3.8) is 0 Å². The second kappa shape index (κ2) is 7.46. The Balaban J connectivity index is 2.07. The Bertz CT molecular complexity index is 802. The summed E-state index contributed by atoms with van der Waals surface area (Å²) in [6, 6.07) is 13.2. The molecule has 0 saturated heterocycles. The predicted octanol–water partition coefficient (Wildman–Crippen LogP) is 5.23. The molecule has 0 spiro atoms. The summed E-state index contributed by atoms with van der Waals surface area (Å²) in [6.07, 6.45) is -0.278. The lowest BCUT2D eigenvalue weighted by Gasteiger charge is -2.36. The van der Waals surface area contributed by atoms with Crippen molar-refractivity contribution in [2.24, 2.45) is 0 Å². The SMILES string of the molecule is CC(C)(C)[Si](C)(C)Oc1ccc(C(=O)CC(=O)c2ccccc2O)cc1. The van der Waals surface area contributed by atoms with Gasteiger partial charge in [0.2, 0.25) is 8.32 Å². The fourth-order valence-corrected chi connectivity index (χ4v) is 3.24. The molecule has 0 aliphatic rings. The van der Waals surface area contributed by atoms with Crippen LogP contribution in [-0.2, 0) is 0 Å². The van der Waals surface area contributed by atoms with Gasteiger partial charge in [-0.2, -0.15) is 0 Å². The highest BCUT2D eigenvalue weighted by molar-refractivity contribution is 6.74. The van der Waals surface area contributed by atoms with Crippen molar-refractivity contribution in [3.8, 4) is 11.5 Å². The summed E-state index contributed by atoms with van der Waals surface area (Å²) < 4.78 is 6.19. The zero-order valence-corrected chi connectivity index (χ0v) is 17.0. The van der Waals surface area contributed by atoms with Crippen LogP contribution in [0.1, 0.15) is 47.9 Å². The number of rotatable bonds is 6. The fourth-order valence-electron chi connectivity index (χ4n) is 2.21. The minimum Gasteiger partial charge on any atom is -0.544 e. The smallest absolute Gasteiger partial charge is 0.250 e. The summed E-state index contributed by atoms with van der Waals surface area (Å²) >= 11 is 0. The topological polar surface area (TPSA) is 63.6 Å². The van der Waals surface area contributed by atoms with E-state index < -0.39 is 14.1 Å². The highest BCUT2D eigenvalue weighted by atomic mass is 28.4. The van der Waals surface area contributed by atoms with E-state index in [1.165, 1.54) is 12.1 Å². The van der Waals surface area contributed by atoms with Crippen molar-refractivity contribution in [2.45, 2.75) is 45.3 Å². The summed E-state index contributed by atoms with van der Waals surface area (Å²) in [7, 11) is -1.93. The molecular formula is C21H26O4Si. The van der Waals surface area contributed by atoms with Crippen LogP contribution in [0.5, 0.6) is 11.5 Å². The number of ketones is 2. The molecule has 2 aromatic rings. The van der Waals surface area contributed by atoms with Crippen LogP contribution in [0.2, 0.25) is 18.1 Å². The second-order valence-corrected chi connectivity index (χ2v) is 12.7. The first-order valence-electron chi connectivity index (χ1n) is 8.65. The molecule has 0 unspecified atom stereocenters. The van der Waals surface area contributed by atoms with Crippen molar-refractivity contribution in [1.82, 2.24) is 0 Å². The molecule has 0 radical (unpaired) electrons. The molecule has 0 fully saturated rings. The third-order valence-electron chi connectivity index (χ3n) is 4.88. The first kappa shape index (κ1) is 19.9. The molecule has 0 aliphatic heterocycles. The van der Waals surface area contributed by atoms with E-state index in [1.54, 1.807) is 36.4 Å². The number of aromatic hydroxyl groups is 1. The standard InChI is InChI=1S/C21H26O4Si/c1-21(2,3)26(4,5)25-16-12-10-15(11-13-16)19(23)14-20(24)17-8-6-7-9-18(17)22/h6-13,22H,14H2,1-5H3. The maximum absolute atomic E-state index is 12.4. The van der Waals surface area contributed by atoms with Crippen LogP contribution in [0.4, 0.5) is 0 Å². The van der Waals surface area contributed by atoms with E-state index in [-0.39, 0.29) is 28.6 Å². The Kier molecular flexibility index (Phi) is 5.71. The summed E-state index contributed by atoms with van der Waals surface area (Å²) in [6.45, 7) is 10.8. The van der Waals surface area contributed by atoms with E-state index >= 15 is 0 Å². The zero-order chi connectivity index (χ0) is 19.5. The van der Waals surface area contributed by atoms with Gasteiger partial charge in [-0.05, 0) is 54.5 Å². The van der Waals surface area contributed by atoms with Crippen LogP contribution in [0.3, 0.4) is 0 Å². The number of para-hydroxylation sites is 1. The molecule has 5 heteroatoms. The number of carbonyl (C=O) groups is 2. The fraction of sp³-hybridized carbons (Fsp3) is 0.333. The molecule has 138 valence electrons. The van der Waals surface area contributed by atoms with Crippen LogP contribution < -0.4 is 4.43 Å². The van der Waals surface area contributed by atoms with Gasteiger partial charge in [0, 0.05) is 5.56 Å². The van der Waals surface area contributed by atoms with Crippen molar-refractivity contribution in [2.75, 3.05) is 0 Å². The van der Waals surface area contributed by atoms with E-state index in [0.29, 0.717) is 5.56 Å². The van der Waals surface area contributed by atoms with E-state index in [9.17, 15) is 14.7 Å². The van der Waals surface area contributed by atoms with Crippen molar-refractivity contribution < 1.29 is 19.1 Å². The predicted molar refractivity (Wildman–Crippen MR) is 106 cm³/mol. The lowest BCUT2D eigenvalue weighted by molar-refractivity contribution is 0.0893. The summed E-state index contributed by atoms with van der Waals surface area (Å²) in [5.41, 5.74) is 0.620. The van der Waals surface area contributed by atoms with Crippen molar-refractivity contribution in [3.05, 3.63) is 59.7 Å². The quantitative estimate of drug-likeness (QED) is 0.429. The Morgan fingerprint density at radius 3 is 2.08 bits per heavy atom. The molecule has 26 heavy (non-hydrogen) atoms. The lowest BCUT2D eigenvalue weighted by atomic mass is 10.0. The van der Waals surface area contributed by atoms with Crippen LogP contribution in [0, 0.1) is 0 Å². The average molecular weight is 371 g/mol. The van der Waals surface area contributed by atoms with Gasteiger partial charge in [-0.25, -0.2) is 0 Å². The van der Waals surface area contributed by atoms with E-state index in [0.717, 1.165) is 5.75 Å². The summed E-state index contributed by atoms with van der Waals surface area (Å²) in [5, 5.41) is 9.82. The number of hydrogen-bond donors (Lipinski definition) is 1. The van der Waals surface area contributed by atoms with Crippen LogP contribution in [0.25, 0.3) is 0 Å². The summed E-state index contributed by atoms with van der Waals surface area (Å²) in [4.78, 5) is 24.6. The van der Waals surface area contributed by atoms with Gasteiger partial charge < -0.3 is 9.53 Å². The number of phenolic OH excluding ortho intramolecular Hbond substituents is 1. The number of benzene rings is 2. The van der Waals surface area contributed by atoms with Crippen molar-refractivity contribution >= 4 is 19.9 Å². The van der Waals surface area contributed by atoms with Gasteiger partial charge in [0.05, 0.1) is 12.0 Å². The van der Waals surface area contributed by atoms with Crippen molar-refractivity contribution in [1.29, 1.82) is 0 Å². The van der Waals surface area contributed by atoms with Gasteiger partial charge in [-0.1, -0.05) is 32.9 Å². The zero-order valence-electron chi connectivity index (χ0n) is 16.0. The molecule has 0 aromatic heterocycles. The Labute approximate surface area is 156 Å². The first-order chi connectivity index (χ1) is 12.0. The van der Waals surface area contributed by atoms with Gasteiger partial charge in [-0.15, -0.1) is 0 Å². The highest BCUT2D eigenvalue weighted by Gasteiger charge is 2.38. The largest absolute Gasteiger partial charge is 0.544 e. The monoisotopic (exact) mass is 370 g/mol. The average Bonchev–Trinajstić information content (AvgIpc) is 2.54. The minimum atomic E-state index is -1.93. The maximum Gasteiger partial charge on any atom is 0.250 e. The molecule has 0 amide bonds. The number of Topliss-reactive ketones (excluding diaryl/α,β-unsaturated/α-hetero) is 2. The van der Waals surface area contributed by atoms with E-state index in [2.05, 4.69) is 33.9 Å². The van der Waals surface area contributed by atoms with E-state index in [4.69, 9.17) is 4.43 Å². The Hall–Kier alpha value is -2.40. The molecule has 0 saturated carbocycles. The third-order valence-corrected chi connectivity index (χ3v) is 9.24. The molecule has 0 atom stereocenters. The maximum atomic E-state index is 12.4. The Morgan fingerprint density at radius 1 is 0.962 bits per heavy atom. The molecule has 0 aliphatic carbocycles. The molecule has 2 rings (SSSR count). The minimum absolute atomic E-state index is 0.0889. The molecular weight excluding hydrogens is 344 g/mol. The van der Waals surface area contributed by atoms with Gasteiger partial charge in [0.1, 0.15) is 11.5 Å². The molecule has 2 aromatic carbocycles. The van der Waals surface area contributed by atoms with Crippen LogP contribution in [0.15, 0.2) is 48.5 Å². The lowest BCUT2D eigenvalue weighted by Crippen LogP contribution is -2.43. The normalized spacial score (nSPS) is 11.9. The van der Waals surface area contributed by atoms with Crippen LogP contribution in [-0.4, -0.2) is 25.0 Å². The van der Waals surface area contributed by atoms with Gasteiger partial charge in [0.25, 0.3) is 0 Å². The first-order valence-corrected chi connectivity index (χ1v) is 11.6. The van der Waals surface area contributed by atoms with Gasteiger partial charge >= 0.3 is 0 Å². The van der Waals surface area contributed by atoms with Gasteiger partial charge in [0.15, 0.2) is 11.6 Å². The molecule has 0 heterocycles. The molecule has 4 nitrogen and oxygen atoms in total. The molecule has 1 N–H and O–H groups in total. The highest BCUT2D eigenvalue weighted by Crippen LogP contribution is 2.37. The second-order valence-electron chi connectivity index (χ2n) is 7.93. The summed E-state index contributed by atoms with van der Waals surface area (Å²) in [5.74, 6) is -0.0459. The Morgan fingerprint density at radius 2 is 1.54 bits per heavy atom. The van der Waals surface area contributed by atoms with Gasteiger partial charge in [-0.3, -0.25) is 9.59 Å². The number of phenols is 1.